The van der Waals surface area contributed by atoms with E-state index in [0.717, 1.165) is 26.0 Å². The molecule has 0 heterocycles. The molecule has 0 bridgehead atoms. The first-order chi connectivity index (χ1) is 20.8. The highest BCUT2D eigenvalue weighted by atomic mass is 79.9. The minimum absolute atomic E-state index is 0.00380. The summed E-state index contributed by atoms with van der Waals surface area (Å²) in [6.45, 7) is 4.80. The Kier molecular flexibility index (Phi) is 10.6. The molecule has 0 unspecified atom stereocenters. The van der Waals surface area contributed by atoms with Gasteiger partial charge >= 0.3 is 0 Å². The molecule has 2 amide bonds. The van der Waals surface area contributed by atoms with E-state index in [4.69, 9.17) is 0 Å². The number of sulfonamides is 1. The number of para-hydroxylation sites is 1. The summed E-state index contributed by atoms with van der Waals surface area (Å²) in [7, 11) is -4.38. The van der Waals surface area contributed by atoms with E-state index in [1.165, 1.54) is 35.2 Å². The summed E-state index contributed by atoms with van der Waals surface area (Å²) < 4.78 is 44.6. The van der Waals surface area contributed by atoms with E-state index in [-0.39, 0.29) is 23.5 Å². The summed E-state index contributed by atoms with van der Waals surface area (Å²) in [5.74, 6) is -1.87. The van der Waals surface area contributed by atoms with Gasteiger partial charge in [0.2, 0.25) is 11.8 Å². The normalized spacial score (nSPS) is 12.3. The van der Waals surface area contributed by atoms with Gasteiger partial charge in [-0.1, -0.05) is 88.7 Å². The molecule has 0 aromatic heterocycles. The largest absolute Gasteiger partial charge is 0.350 e. The Labute approximate surface area is 266 Å². The summed E-state index contributed by atoms with van der Waals surface area (Å²) in [6.07, 6.45) is 0.174. The van der Waals surface area contributed by atoms with Crippen LogP contribution in [0.5, 0.6) is 0 Å². The average Bonchev–Trinajstić information content (AvgIpc) is 2.98. The van der Waals surface area contributed by atoms with Gasteiger partial charge in [-0.15, -0.1) is 0 Å². The maximum atomic E-state index is 15.2. The van der Waals surface area contributed by atoms with E-state index in [1.807, 2.05) is 75.4 Å². The van der Waals surface area contributed by atoms with E-state index >= 15 is 4.39 Å². The lowest BCUT2D eigenvalue weighted by atomic mass is 10.0. The van der Waals surface area contributed by atoms with E-state index in [1.54, 1.807) is 18.2 Å². The Morgan fingerprint density at radius 2 is 1.43 bits per heavy atom. The van der Waals surface area contributed by atoms with Crippen molar-refractivity contribution in [2.75, 3.05) is 10.8 Å². The van der Waals surface area contributed by atoms with Crippen molar-refractivity contribution in [3.05, 3.63) is 131 Å². The average molecular weight is 681 g/mol. The monoisotopic (exact) mass is 679 g/mol. The fourth-order valence-corrected chi connectivity index (χ4v) is 6.62. The molecule has 1 atom stereocenters. The molecule has 0 radical (unpaired) electrons. The van der Waals surface area contributed by atoms with Crippen molar-refractivity contribution in [3.8, 4) is 0 Å². The summed E-state index contributed by atoms with van der Waals surface area (Å²) in [6, 6.07) is 28.6. The maximum Gasteiger partial charge on any atom is 0.264 e. The lowest BCUT2D eigenvalue weighted by molar-refractivity contribution is -0.140. The Morgan fingerprint density at radius 1 is 0.841 bits per heavy atom. The summed E-state index contributed by atoms with van der Waals surface area (Å²) in [5.41, 5.74) is 0.659. The number of halogens is 2. The molecular weight excluding hydrogens is 645 g/mol. The molecule has 0 saturated carbocycles. The van der Waals surface area contributed by atoms with Crippen LogP contribution < -0.4 is 9.62 Å². The van der Waals surface area contributed by atoms with Crippen molar-refractivity contribution in [2.24, 2.45) is 0 Å². The number of anilines is 1. The molecule has 10 heteroatoms. The molecule has 4 aromatic rings. The Balaban J connectivity index is 1.82. The zero-order valence-corrected chi connectivity index (χ0v) is 27.2. The fourth-order valence-electron chi connectivity index (χ4n) is 4.73. The van der Waals surface area contributed by atoms with Crippen molar-refractivity contribution in [2.45, 2.75) is 50.2 Å². The molecule has 0 aliphatic carbocycles. The number of nitrogens with zero attached hydrogens (tertiary/aromatic N) is 2. The van der Waals surface area contributed by atoms with E-state index in [2.05, 4.69) is 21.2 Å². The van der Waals surface area contributed by atoms with Crippen LogP contribution in [0.25, 0.3) is 0 Å². The highest BCUT2D eigenvalue weighted by Gasteiger charge is 2.36. The molecule has 0 saturated heterocycles. The van der Waals surface area contributed by atoms with Crippen molar-refractivity contribution < 1.29 is 22.4 Å². The number of carbonyl (C=O) groups excluding carboxylic acids is 2. The standard InChI is InChI=1S/C34H35BrFN3O4S/c1-34(2,3)37-33(41)31(22-25-13-6-4-7-14-25)38(23-26-15-12-16-27(35)21-26)32(40)24-39(30-20-11-10-19-29(30)36)44(42,43)28-17-8-5-9-18-28/h4-21,31H,22-24H2,1-3H3,(H,37,41)/t31-/m0/s1. The van der Waals surface area contributed by atoms with Crippen LogP contribution in [0.1, 0.15) is 31.9 Å². The zero-order valence-electron chi connectivity index (χ0n) is 24.8. The second-order valence-electron chi connectivity index (χ2n) is 11.4. The second kappa shape index (κ2) is 14.2. The molecule has 1 N–H and O–H groups in total. The van der Waals surface area contributed by atoms with Gasteiger partial charge in [0.1, 0.15) is 18.4 Å². The number of amides is 2. The van der Waals surface area contributed by atoms with Crippen LogP contribution in [0.4, 0.5) is 10.1 Å². The molecule has 4 rings (SSSR count). The minimum atomic E-state index is -4.38. The third-order valence-electron chi connectivity index (χ3n) is 6.74. The quantitative estimate of drug-likeness (QED) is 0.201. The first kappa shape index (κ1) is 32.9. The van der Waals surface area contributed by atoms with Crippen LogP contribution in [0, 0.1) is 5.82 Å². The number of carbonyl (C=O) groups is 2. The van der Waals surface area contributed by atoms with E-state index in [9.17, 15) is 18.0 Å². The predicted octanol–water partition coefficient (Wildman–Crippen LogP) is 6.34. The number of rotatable bonds is 11. The van der Waals surface area contributed by atoms with Gasteiger partial charge in [-0.3, -0.25) is 13.9 Å². The van der Waals surface area contributed by atoms with Gasteiger partial charge in [0.25, 0.3) is 10.0 Å². The number of hydrogen-bond acceptors (Lipinski definition) is 4. The van der Waals surface area contributed by atoms with Crippen LogP contribution in [-0.4, -0.2) is 43.3 Å². The first-order valence-electron chi connectivity index (χ1n) is 14.1. The van der Waals surface area contributed by atoms with Crippen molar-refractivity contribution in [1.29, 1.82) is 0 Å². The van der Waals surface area contributed by atoms with Gasteiger partial charge in [-0.2, -0.15) is 0 Å². The topological polar surface area (TPSA) is 86.8 Å². The van der Waals surface area contributed by atoms with Gasteiger partial charge in [-0.05, 0) is 68.3 Å². The van der Waals surface area contributed by atoms with Gasteiger partial charge in [0.15, 0.2) is 0 Å². The molecule has 7 nitrogen and oxygen atoms in total. The van der Waals surface area contributed by atoms with E-state index in [0.29, 0.717) is 0 Å². The van der Waals surface area contributed by atoms with Crippen LogP contribution in [-0.2, 0) is 32.6 Å². The predicted molar refractivity (Wildman–Crippen MR) is 174 cm³/mol. The van der Waals surface area contributed by atoms with Gasteiger partial charge in [-0.25, -0.2) is 12.8 Å². The molecular formula is C34H35BrFN3O4S. The summed E-state index contributed by atoms with van der Waals surface area (Å²) in [5, 5.41) is 2.99. The van der Waals surface area contributed by atoms with Crippen molar-refractivity contribution in [1.82, 2.24) is 10.2 Å². The number of benzene rings is 4. The van der Waals surface area contributed by atoms with Gasteiger partial charge in [0, 0.05) is 23.0 Å². The molecule has 0 aliphatic rings. The van der Waals surface area contributed by atoms with Crippen molar-refractivity contribution >= 4 is 43.5 Å². The first-order valence-corrected chi connectivity index (χ1v) is 16.3. The van der Waals surface area contributed by atoms with E-state index < -0.39 is 45.8 Å². The number of nitrogens with one attached hydrogen (secondary N) is 1. The second-order valence-corrected chi connectivity index (χ2v) is 14.2. The van der Waals surface area contributed by atoms with Gasteiger partial charge < -0.3 is 10.2 Å². The zero-order chi connectivity index (χ0) is 31.9. The van der Waals surface area contributed by atoms with Crippen LogP contribution in [0.3, 0.4) is 0 Å². The lowest BCUT2D eigenvalue weighted by Crippen LogP contribution is -2.56. The maximum absolute atomic E-state index is 15.2. The van der Waals surface area contributed by atoms with Crippen LogP contribution in [0.15, 0.2) is 119 Å². The summed E-state index contributed by atoms with van der Waals surface area (Å²) >= 11 is 3.47. The Bertz CT molecular complexity index is 1700. The molecule has 0 spiro atoms. The molecule has 230 valence electrons. The van der Waals surface area contributed by atoms with Crippen molar-refractivity contribution in [3.63, 3.8) is 0 Å². The Morgan fingerprint density at radius 3 is 2.05 bits per heavy atom. The lowest BCUT2D eigenvalue weighted by Gasteiger charge is -2.35. The third-order valence-corrected chi connectivity index (χ3v) is 9.01. The molecule has 4 aromatic carbocycles. The SMILES string of the molecule is CC(C)(C)NC(=O)[C@H](Cc1ccccc1)N(Cc1cccc(Br)c1)C(=O)CN(c1ccccc1F)S(=O)(=O)c1ccccc1. The summed E-state index contributed by atoms with van der Waals surface area (Å²) in [4.78, 5) is 29.6. The number of hydrogen-bond donors (Lipinski definition) is 1. The van der Waals surface area contributed by atoms with Crippen LogP contribution >= 0.6 is 15.9 Å². The minimum Gasteiger partial charge on any atom is -0.350 e. The third kappa shape index (κ3) is 8.54. The highest BCUT2D eigenvalue weighted by molar-refractivity contribution is 9.10. The van der Waals surface area contributed by atoms with Gasteiger partial charge in [0.05, 0.1) is 10.6 Å². The molecule has 44 heavy (non-hydrogen) atoms. The van der Waals surface area contributed by atoms with Crippen LogP contribution in [0.2, 0.25) is 0 Å². The molecule has 0 fully saturated rings. The smallest absolute Gasteiger partial charge is 0.264 e. The fraction of sp³-hybridized carbons (Fsp3) is 0.235. The Hall–Kier alpha value is -4.02. The molecule has 0 aliphatic heterocycles. The highest BCUT2D eigenvalue weighted by Crippen LogP contribution is 2.27.